The Bertz CT molecular complexity index is 525. The van der Waals surface area contributed by atoms with Crippen molar-refractivity contribution in [1.29, 1.82) is 0 Å². The van der Waals surface area contributed by atoms with Gasteiger partial charge in [0, 0.05) is 39.3 Å². The van der Waals surface area contributed by atoms with E-state index in [0.717, 1.165) is 0 Å². The maximum Gasteiger partial charge on any atom is 0.317 e. The third-order valence-corrected chi connectivity index (χ3v) is 4.52. The molecular formula is C17H30BrCl2N5O6. The van der Waals surface area contributed by atoms with Crippen LogP contribution in [0.3, 0.4) is 0 Å². The largest absolute Gasteiger partial charge is 0.377 e. The van der Waals surface area contributed by atoms with Gasteiger partial charge >= 0.3 is 6.03 Å². The lowest BCUT2D eigenvalue weighted by Crippen LogP contribution is -2.47. The van der Waals surface area contributed by atoms with Crippen LogP contribution in [0.2, 0.25) is 0 Å². The Hall–Kier alpha value is -1.34. The minimum Gasteiger partial charge on any atom is -0.377 e. The molecule has 0 saturated heterocycles. The summed E-state index contributed by atoms with van der Waals surface area (Å²) < 4.78 is 10.7. The molecule has 180 valence electrons. The third kappa shape index (κ3) is 18.0. The van der Waals surface area contributed by atoms with Crippen LogP contribution in [0.1, 0.15) is 0 Å². The molecule has 0 aromatic heterocycles. The zero-order valence-electron chi connectivity index (χ0n) is 17.2. The predicted octanol–water partition coefficient (Wildman–Crippen LogP) is -0.748. The summed E-state index contributed by atoms with van der Waals surface area (Å²) in [5, 5.41) is 10.8. The first kappa shape index (κ1) is 29.7. The Balaban J connectivity index is 4.01. The van der Waals surface area contributed by atoms with Crippen LogP contribution in [0.25, 0.3) is 0 Å². The smallest absolute Gasteiger partial charge is 0.317 e. The summed E-state index contributed by atoms with van der Waals surface area (Å²) in [5.74, 6) is -1.10. The van der Waals surface area contributed by atoms with Crippen molar-refractivity contribution in [3.63, 3.8) is 0 Å². The summed E-state index contributed by atoms with van der Waals surface area (Å²) in [6.45, 7) is 3.02. The lowest BCUT2D eigenvalue weighted by atomic mass is 10.4. The Morgan fingerprint density at radius 3 is 1.58 bits per heavy atom. The monoisotopic (exact) mass is 549 g/mol. The molecule has 0 aliphatic rings. The van der Waals surface area contributed by atoms with Crippen LogP contribution in [0.5, 0.6) is 0 Å². The summed E-state index contributed by atoms with van der Waals surface area (Å²) >= 11 is 13.9. The van der Waals surface area contributed by atoms with Crippen LogP contribution >= 0.6 is 39.1 Å². The SMILES string of the molecule is O=C(CCl)NCCN(CCNC(=O)CCl)C(=O)NCCOCCOCCNC(=O)CBr. The first-order valence-electron chi connectivity index (χ1n) is 9.60. The number of urea groups is 1. The molecule has 0 fully saturated rings. The van der Waals surface area contributed by atoms with Gasteiger partial charge in [0.25, 0.3) is 0 Å². The molecule has 0 aliphatic carbocycles. The van der Waals surface area contributed by atoms with E-state index in [9.17, 15) is 19.2 Å². The van der Waals surface area contributed by atoms with Gasteiger partial charge in [0.15, 0.2) is 0 Å². The second-order valence-electron chi connectivity index (χ2n) is 5.89. The van der Waals surface area contributed by atoms with Gasteiger partial charge in [-0.05, 0) is 0 Å². The minimum atomic E-state index is -0.359. The quantitative estimate of drug-likeness (QED) is 0.131. The van der Waals surface area contributed by atoms with E-state index < -0.39 is 0 Å². The second-order valence-corrected chi connectivity index (χ2v) is 6.99. The van der Waals surface area contributed by atoms with Crippen LogP contribution in [0, 0.1) is 0 Å². The molecule has 0 bridgehead atoms. The molecule has 0 radical (unpaired) electrons. The number of carbonyl (C=O) groups excluding carboxylic acids is 4. The minimum absolute atomic E-state index is 0.104. The van der Waals surface area contributed by atoms with Crippen LogP contribution in [0.4, 0.5) is 4.79 Å². The lowest BCUT2D eigenvalue weighted by molar-refractivity contribution is -0.119. The summed E-state index contributed by atoms with van der Waals surface area (Å²) in [5.41, 5.74) is 0. The number of alkyl halides is 3. The zero-order chi connectivity index (χ0) is 23.3. The topological polar surface area (TPSA) is 138 Å². The Labute approximate surface area is 200 Å². The number of amides is 5. The van der Waals surface area contributed by atoms with Crippen molar-refractivity contribution in [1.82, 2.24) is 26.2 Å². The van der Waals surface area contributed by atoms with Crippen LogP contribution < -0.4 is 21.3 Å². The summed E-state index contributed by atoms with van der Waals surface area (Å²) in [6, 6.07) is -0.359. The number of carbonyl (C=O) groups is 4. The average Bonchev–Trinajstić information content (AvgIpc) is 2.78. The molecule has 14 heteroatoms. The Morgan fingerprint density at radius 1 is 0.677 bits per heavy atom. The molecule has 0 aromatic rings. The molecule has 0 heterocycles. The lowest BCUT2D eigenvalue weighted by Gasteiger charge is -2.23. The highest BCUT2D eigenvalue weighted by atomic mass is 79.9. The molecule has 4 N–H and O–H groups in total. The Kier molecular flexibility index (Phi) is 19.7. The molecule has 0 aliphatic heterocycles. The van der Waals surface area contributed by atoms with Gasteiger partial charge in [-0.1, -0.05) is 15.9 Å². The van der Waals surface area contributed by atoms with Gasteiger partial charge in [0.05, 0.1) is 31.8 Å². The fourth-order valence-corrected chi connectivity index (χ4v) is 2.43. The summed E-state index contributed by atoms with van der Waals surface area (Å²) in [7, 11) is 0. The average molecular weight is 551 g/mol. The number of rotatable bonds is 18. The molecule has 0 saturated carbocycles. The van der Waals surface area contributed by atoms with Crippen LogP contribution in [0.15, 0.2) is 0 Å². The second kappa shape index (κ2) is 20.6. The van der Waals surface area contributed by atoms with Gasteiger partial charge in [-0.2, -0.15) is 0 Å². The van der Waals surface area contributed by atoms with Gasteiger partial charge in [0.2, 0.25) is 17.7 Å². The molecule has 0 spiro atoms. The fraction of sp³-hybridized carbons (Fsp3) is 0.765. The highest BCUT2D eigenvalue weighted by molar-refractivity contribution is 9.09. The van der Waals surface area contributed by atoms with E-state index in [1.165, 1.54) is 4.90 Å². The van der Waals surface area contributed by atoms with Crippen molar-refractivity contribution in [2.75, 3.05) is 82.8 Å². The van der Waals surface area contributed by atoms with Crippen LogP contribution in [-0.2, 0) is 23.9 Å². The maximum absolute atomic E-state index is 12.3. The van der Waals surface area contributed by atoms with Gasteiger partial charge in [-0.3, -0.25) is 14.4 Å². The van der Waals surface area contributed by atoms with E-state index in [-0.39, 0.29) is 80.2 Å². The van der Waals surface area contributed by atoms with Gasteiger partial charge in [-0.25, -0.2) is 4.79 Å². The number of nitrogens with one attached hydrogen (secondary N) is 4. The summed E-state index contributed by atoms with van der Waals surface area (Å²) in [6.07, 6.45) is 0. The van der Waals surface area contributed by atoms with E-state index in [1.54, 1.807) is 0 Å². The van der Waals surface area contributed by atoms with Crippen molar-refractivity contribution in [2.45, 2.75) is 0 Å². The van der Waals surface area contributed by atoms with Crippen LogP contribution in [-0.4, -0.2) is 111 Å². The van der Waals surface area contributed by atoms with Crippen molar-refractivity contribution >= 4 is 62.9 Å². The number of hydrogen-bond acceptors (Lipinski definition) is 6. The Morgan fingerprint density at radius 2 is 1.13 bits per heavy atom. The molecule has 5 amide bonds. The number of ether oxygens (including phenoxy) is 2. The van der Waals surface area contributed by atoms with E-state index in [2.05, 4.69) is 37.2 Å². The normalized spacial score (nSPS) is 10.3. The van der Waals surface area contributed by atoms with E-state index in [1.807, 2.05) is 0 Å². The van der Waals surface area contributed by atoms with Gasteiger partial charge in [0.1, 0.15) is 11.8 Å². The molecule has 0 atom stereocenters. The number of halogens is 3. The zero-order valence-corrected chi connectivity index (χ0v) is 20.3. The van der Waals surface area contributed by atoms with Crippen molar-refractivity contribution in [2.24, 2.45) is 0 Å². The number of nitrogens with zero attached hydrogens (tertiary/aromatic N) is 1. The highest BCUT2D eigenvalue weighted by Crippen LogP contribution is 1.90. The first-order chi connectivity index (χ1) is 14.9. The standard InChI is InChI=1S/C17H30BrCl2N5O6/c18-11-14(26)23-3-7-30-9-10-31-8-4-24-17(29)25(5-1-21-15(27)12-19)6-2-22-16(28)13-20/h1-13H2,(H,21,27)(H,22,28)(H,23,26)(H,24,29). The van der Waals surface area contributed by atoms with Crippen molar-refractivity contribution in [3.8, 4) is 0 Å². The molecule has 0 aromatic carbocycles. The molecule has 11 nitrogen and oxygen atoms in total. The van der Waals surface area contributed by atoms with Gasteiger partial charge < -0.3 is 35.6 Å². The van der Waals surface area contributed by atoms with Crippen molar-refractivity contribution in [3.05, 3.63) is 0 Å². The fourth-order valence-electron chi connectivity index (χ4n) is 2.04. The highest BCUT2D eigenvalue weighted by Gasteiger charge is 2.13. The maximum atomic E-state index is 12.3. The third-order valence-electron chi connectivity index (χ3n) is 3.52. The predicted molar refractivity (Wildman–Crippen MR) is 121 cm³/mol. The van der Waals surface area contributed by atoms with E-state index >= 15 is 0 Å². The van der Waals surface area contributed by atoms with Gasteiger partial charge in [-0.15, -0.1) is 23.2 Å². The van der Waals surface area contributed by atoms with E-state index in [0.29, 0.717) is 26.4 Å². The number of hydrogen-bond donors (Lipinski definition) is 4. The molecular weight excluding hydrogens is 521 g/mol. The van der Waals surface area contributed by atoms with Crippen molar-refractivity contribution < 1.29 is 28.7 Å². The molecule has 31 heavy (non-hydrogen) atoms. The first-order valence-corrected chi connectivity index (χ1v) is 11.8. The summed E-state index contributed by atoms with van der Waals surface area (Å²) in [4.78, 5) is 47.2. The molecule has 0 rings (SSSR count). The molecule has 0 unspecified atom stereocenters. The van der Waals surface area contributed by atoms with E-state index in [4.69, 9.17) is 32.7 Å².